The summed E-state index contributed by atoms with van der Waals surface area (Å²) in [5.74, 6) is 0.533. The van der Waals surface area contributed by atoms with Crippen molar-refractivity contribution in [3.8, 4) is 0 Å². The van der Waals surface area contributed by atoms with E-state index in [-0.39, 0.29) is 5.82 Å². The number of hydrogen-bond acceptors (Lipinski definition) is 5. The van der Waals surface area contributed by atoms with Crippen LogP contribution >= 0.6 is 0 Å². The highest BCUT2D eigenvalue weighted by molar-refractivity contribution is 5.73. The van der Waals surface area contributed by atoms with Gasteiger partial charge in [0, 0.05) is 26.2 Å². The Morgan fingerprint density at radius 1 is 1.14 bits per heavy atom. The van der Waals surface area contributed by atoms with E-state index in [4.69, 9.17) is 4.63 Å². The first-order chi connectivity index (χ1) is 14.2. The highest BCUT2D eigenvalue weighted by Gasteiger charge is 2.22. The van der Waals surface area contributed by atoms with E-state index in [1.165, 1.54) is 24.5 Å². The molecule has 5 nitrogen and oxygen atoms in total. The molecule has 0 bridgehead atoms. The minimum atomic E-state index is -0.141. The number of aromatic nitrogens is 2. The third-order valence-corrected chi connectivity index (χ3v) is 5.90. The highest BCUT2D eigenvalue weighted by Crippen LogP contribution is 2.20. The summed E-state index contributed by atoms with van der Waals surface area (Å²) >= 11 is 0. The summed E-state index contributed by atoms with van der Waals surface area (Å²) in [6.07, 6.45) is 3.43. The average molecular weight is 397 g/mol. The zero-order valence-electron chi connectivity index (χ0n) is 17.1. The van der Waals surface area contributed by atoms with E-state index in [0.29, 0.717) is 5.92 Å². The van der Waals surface area contributed by atoms with E-state index in [1.807, 2.05) is 12.1 Å². The largest absolute Gasteiger partial charge is 0.303 e. The topological polar surface area (TPSA) is 45.4 Å². The molecule has 1 atom stereocenters. The fraction of sp³-hybridized carbons (Fsp3) is 0.478. The van der Waals surface area contributed by atoms with Crippen LogP contribution in [0.4, 0.5) is 4.39 Å². The van der Waals surface area contributed by atoms with Gasteiger partial charge in [-0.2, -0.15) is 0 Å². The Hall–Kier alpha value is -2.31. The first-order valence-corrected chi connectivity index (χ1v) is 10.6. The second-order valence-electron chi connectivity index (χ2n) is 8.10. The molecule has 1 aliphatic rings. The minimum absolute atomic E-state index is 0.141. The van der Waals surface area contributed by atoms with Crippen molar-refractivity contribution in [3.63, 3.8) is 0 Å². The van der Waals surface area contributed by atoms with E-state index < -0.39 is 0 Å². The Morgan fingerprint density at radius 2 is 2.03 bits per heavy atom. The van der Waals surface area contributed by atoms with Crippen molar-refractivity contribution in [2.24, 2.45) is 5.92 Å². The fourth-order valence-electron chi connectivity index (χ4n) is 4.34. The molecule has 29 heavy (non-hydrogen) atoms. The van der Waals surface area contributed by atoms with Gasteiger partial charge in [0.05, 0.1) is 0 Å². The van der Waals surface area contributed by atoms with Crippen molar-refractivity contribution in [2.45, 2.75) is 32.7 Å². The van der Waals surface area contributed by atoms with Crippen molar-refractivity contribution >= 4 is 11.0 Å². The Bertz CT molecular complexity index is 928. The maximum absolute atomic E-state index is 13.4. The van der Waals surface area contributed by atoms with Gasteiger partial charge in [-0.25, -0.2) is 9.02 Å². The van der Waals surface area contributed by atoms with Crippen LogP contribution in [-0.4, -0.2) is 52.8 Å². The van der Waals surface area contributed by atoms with Gasteiger partial charge in [0.15, 0.2) is 0 Å². The number of halogens is 1. The molecule has 2 heterocycles. The molecule has 0 amide bonds. The molecule has 1 aliphatic heterocycles. The predicted octanol–water partition coefficient (Wildman–Crippen LogP) is 4.14. The van der Waals surface area contributed by atoms with Gasteiger partial charge in [-0.15, -0.1) is 0 Å². The molecule has 1 saturated heterocycles. The zero-order valence-corrected chi connectivity index (χ0v) is 17.1. The quantitative estimate of drug-likeness (QED) is 0.573. The number of fused-ring (bicyclic) bond motifs is 1. The number of nitrogens with zero attached hydrogens (tertiary/aromatic N) is 4. The van der Waals surface area contributed by atoms with Crippen LogP contribution < -0.4 is 0 Å². The SMILES string of the molecule is CCN(Cc1ccc2nonc2c1)C[C@@H]1CCCN(CCc2cccc(F)c2)C1. The second-order valence-corrected chi connectivity index (χ2v) is 8.10. The first-order valence-electron chi connectivity index (χ1n) is 10.6. The highest BCUT2D eigenvalue weighted by atomic mass is 19.1. The lowest BCUT2D eigenvalue weighted by Gasteiger charge is -2.35. The van der Waals surface area contributed by atoms with Crippen LogP contribution in [0.1, 0.15) is 30.9 Å². The van der Waals surface area contributed by atoms with E-state index in [9.17, 15) is 4.39 Å². The molecule has 6 heteroatoms. The fourth-order valence-corrected chi connectivity index (χ4v) is 4.34. The number of benzene rings is 2. The molecule has 0 saturated carbocycles. The monoisotopic (exact) mass is 396 g/mol. The van der Waals surface area contributed by atoms with Crippen LogP contribution in [0.2, 0.25) is 0 Å². The van der Waals surface area contributed by atoms with E-state index in [2.05, 4.69) is 39.2 Å². The second kappa shape index (κ2) is 9.46. The van der Waals surface area contributed by atoms with Gasteiger partial charge in [0.25, 0.3) is 0 Å². The van der Waals surface area contributed by atoms with Gasteiger partial charge >= 0.3 is 0 Å². The molecule has 0 radical (unpaired) electrons. The number of likely N-dealkylation sites (tertiary alicyclic amines) is 1. The summed E-state index contributed by atoms with van der Waals surface area (Å²) in [6.45, 7) is 8.53. The number of hydrogen-bond donors (Lipinski definition) is 0. The molecule has 154 valence electrons. The molecule has 4 rings (SSSR count). The molecule has 0 N–H and O–H groups in total. The van der Waals surface area contributed by atoms with Gasteiger partial charge in [-0.05, 0) is 84.0 Å². The molecule has 2 aromatic carbocycles. The van der Waals surface area contributed by atoms with Crippen LogP contribution in [0.5, 0.6) is 0 Å². The summed E-state index contributed by atoms with van der Waals surface area (Å²) in [5, 5.41) is 7.83. The lowest BCUT2D eigenvalue weighted by molar-refractivity contribution is 0.133. The summed E-state index contributed by atoms with van der Waals surface area (Å²) in [5.41, 5.74) is 3.95. The number of piperidine rings is 1. The Kier molecular flexibility index (Phi) is 6.52. The summed E-state index contributed by atoms with van der Waals surface area (Å²) in [7, 11) is 0. The van der Waals surface area contributed by atoms with Crippen LogP contribution in [-0.2, 0) is 13.0 Å². The van der Waals surface area contributed by atoms with Gasteiger partial charge < -0.3 is 4.90 Å². The van der Waals surface area contributed by atoms with Crippen molar-refractivity contribution in [2.75, 3.05) is 32.7 Å². The van der Waals surface area contributed by atoms with Gasteiger partial charge in [0.1, 0.15) is 16.9 Å². The summed E-state index contributed by atoms with van der Waals surface area (Å²) < 4.78 is 18.2. The lowest BCUT2D eigenvalue weighted by atomic mass is 9.96. The molecule has 1 aromatic heterocycles. The van der Waals surface area contributed by atoms with Gasteiger partial charge in [0.2, 0.25) is 0 Å². The van der Waals surface area contributed by atoms with Crippen molar-refractivity contribution in [3.05, 3.63) is 59.4 Å². The molecule has 3 aromatic rings. The third kappa shape index (κ3) is 5.40. The maximum Gasteiger partial charge on any atom is 0.135 e. The Morgan fingerprint density at radius 3 is 2.90 bits per heavy atom. The van der Waals surface area contributed by atoms with Crippen LogP contribution in [0.25, 0.3) is 11.0 Å². The first kappa shape index (κ1) is 20.0. The normalized spacial score (nSPS) is 18.0. The van der Waals surface area contributed by atoms with Crippen LogP contribution in [0.15, 0.2) is 47.1 Å². The maximum atomic E-state index is 13.4. The van der Waals surface area contributed by atoms with Crippen LogP contribution in [0.3, 0.4) is 0 Å². The Labute approximate surface area is 171 Å². The smallest absolute Gasteiger partial charge is 0.135 e. The standard InChI is InChI=1S/C23H29FN4O/c1-2-27(15-19-8-9-22-23(14-19)26-29-25-22)16-20-6-4-11-28(17-20)12-10-18-5-3-7-21(24)13-18/h3,5,7-9,13-14,20H,2,4,6,10-12,15-17H2,1H3/t20-/m0/s1. The number of rotatable bonds is 8. The zero-order chi connectivity index (χ0) is 20.1. The van der Waals surface area contributed by atoms with Crippen LogP contribution in [0, 0.1) is 11.7 Å². The molecule has 1 fully saturated rings. The third-order valence-electron chi connectivity index (χ3n) is 5.90. The van der Waals surface area contributed by atoms with E-state index in [1.54, 1.807) is 12.1 Å². The lowest BCUT2D eigenvalue weighted by Crippen LogP contribution is -2.41. The minimum Gasteiger partial charge on any atom is -0.303 e. The molecule has 0 aliphatic carbocycles. The van der Waals surface area contributed by atoms with E-state index in [0.717, 1.165) is 62.3 Å². The van der Waals surface area contributed by atoms with Gasteiger partial charge in [-0.3, -0.25) is 4.90 Å². The molecular weight excluding hydrogens is 367 g/mol. The van der Waals surface area contributed by atoms with Crippen molar-refractivity contribution in [1.82, 2.24) is 20.1 Å². The molecule has 0 unspecified atom stereocenters. The Balaban J connectivity index is 1.30. The van der Waals surface area contributed by atoms with E-state index >= 15 is 0 Å². The van der Waals surface area contributed by atoms with Crippen molar-refractivity contribution < 1.29 is 9.02 Å². The van der Waals surface area contributed by atoms with Gasteiger partial charge in [-0.1, -0.05) is 25.1 Å². The predicted molar refractivity (Wildman–Crippen MR) is 112 cm³/mol. The summed E-state index contributed by atoms with van der Waals surface area (Å²) in [4.78, 5) is 5.05. The molecule has 0 spiro atoms. The summed E-state index contributed by atoms with van der Waals surface area (Å²) in [6, 6.07) is 13.1. The average Bonchev–Trinajstić information content (AvgIpc) is 3.20. The molecular formula is C23H29FN4O. The van der Waals surface area contributed by atoms with Crippen molar-refractivity contribution in [1.29, 1.82) is 0 Å².